The van der Waals surface area contributed by atoms with E-state index in [4.69, 9.17) is 11.6 Å². The number of likely N-dealkylation sites (tertiary alicyclic amines) is 1. The van der Waals surface area contributed by atoms with Gasteiger partial charge in [-0.25, -0.2) is 4.79 Å². The Morgan fingerprint density at radius 1 is 1.28 bits per heavy atom. The number of benzene rings is 1. The van der Waals surface area contributed by atoms with E-state index in [-0.39, 0.29) is 12.6 Å². The lowest BCUT2D eigenvalue weighted by atomic mass is 9.99. The largest absolute Gasteiger partial charge is 0.477 e. The standard InChI is InChI=1S/C21H21ClN2O4S/c22-14-4-5-19-16(7-14)13(12-29-19)8-24-6-2-1-3-15(24)9-23-10-17(21(27)28)20(26)18(25)11-23/h4-5,7,10,12,15H,1-3,6,8-9,11H2,(H,27,28). The molecule has 0 amide bonds. The number of carboxylic acids is 1. The normalized spacial score (nSPS) is 20.9. The van der Waals surface area contributed by atoms with Gasteiger partial charge in [-0.3, -0.25) is 14.5 Å². The Labute approximate surface area is 177 Å². The van der Waals surface area contributed by atoms with Crippen molar-refractivity contribution in [1.29, 1.82) is 0 Å². The Morgan fingerprint density at radius 2 is 2.10 bits per heavy atom. The summed E-state index contributed by atoms with van der Waals surface area (Å²) in [5.41, 5.74) is 0.785. The minimum atomic E-state index is -1.35. The summed E-state index contributed by atoms with van der Waals surface area (Å²) in [6.07, 6.45) is 4.50. The van der Waals surface area contributed by atoms with Gasteiger partial charge < -0.3 is 10.0 Å². The SMILES string of the molecule is O=C(O)C1=CN(CC2CCCCN2Cc2csc3ccc(Cl)cc23)CC(=O)C1=O. The molecule has 4 rings (SSSR count). The third kappa shape index (κ3) is 4.22. The number of carbonyl (C=O) groups is 3. The van der Waals surface area contributed by atoms with Gasteiger partial charge in [-0.05, 0) is 53.9 Å². The van der Waals surface area contributed by atoms with Crippen LogP contribution < -0.4 is 0 Å². The molecule has 152 valence electrons. The average molecular weight is 433 g/mol. The molecule has 8 heteroatoms. The van der Waals surface area contributed by atoms with E-state index >= 15 is 0 Å². The third-order valence-corrected chi connectivity index (χ3v) is 6.82. The number of hydrogen-bond acceptors (Lipinski definition) is 6. The van der Waals surface area contributed by atoms with Gasteiger partial charge >= 0.3 is 5.97 Å². The van der Waals surface area contributed by atoms with E-state index < -0.39 is 23.1 Å². The van der Waals surface area contributed by atoms with Crippen LogP contribution in [0.3, 0.4) is 0 Å². The van der Waals surface area contributed by atoms with Crippen LogP contribution in [0.2, 0.25) is 5.02 Å². The van der Waals surface area contributed by atoms with Crippen LogP contribution in [0.1, 0.15) is 24.8 Å². The van der Waals surface area contributed by atoms with E-state index in [1.807, 2.05) is 18.2 Å². The van der Waals surface area contributed by atoms with Crippen LogP contribution in [-0.4, -0.2) is 58.1 Å². The van der Waals surface area contributed by atoms with Crippen molar-refractivity contribution in [3.05, 3.63) is 45.9 Å². The molecule has 1 unspecified atom stereocenters. The monoisotopic (exact) mass is 432 g/mol. The number of nitrogens with zero attached hydrogens (tertiary/aromatic N) is 2. The summed E-state index contributed by atoms with van der Waals surface area (Å²) in [6, 6.07) is 6.12. The Kier molecular flexibility index (Phi) is 5.72. The van der Waals surface area contributed by atoms with Crippen molar-refractivity contribution in [3.8, 4) is 0 Å². The fourth-order valence-electron chi connectivity index (χ4n) is 4.10. The van der Waals surface area contributed by atoms with Gasteiger partial charge in [0.2, 0.25) is 11.6 Å². The van der Waals surface area contributed by atoms with E-state index in [1.54, 1.807) is 16.2 Å². The number of aliphatic carboxylic acids is 1. The first-order chi connectivity index (χ1) is 13.9. The van der Waals surface area contributed by atoms with E-state index in [2.05, 4.69) is 10.3 Å². The zero-order valence-electron chi connectivity index (χ0n) is 15.8. The van der Waals surface area contributed by atoms with E-state index in [9.17, 15) is 19.5 Å². The van der Waals surface area contributed by atoms with Crippen molar-refractivity contribution in [2.45, 2.75) is 31.8 Å². The highest BCUT2D eigenvalue weighted by molar-refractivity contribution is 7.17. The molecule has 29 heavy (non-hydrogen) atoms. The molecule has 2 aliphatic rings. The van der Waals surface area contributed by atoms with Gasteiger partial charge in [0.15, 0.2) is 0 Å². The van der Waals surface area contributed by atoms with Crippen molar-refractivity contribution in [2.24, 2.45) is 0 Å². The second-order valence-corrected chi connectivity index (χ2v) is 8.90. The second kappa shape index (κ2) is 8.26. The second-order valence-electron chi connectivity index (χ2n) is 7.55. The number of carboxylic acid groups (broad SMARTS) is 1. The summed E-state index contributed by atoms with van der Waals surface area (Å²) in [6.45, 7) is 2.19. The van der Waals surface area contributed by atoms with Crippen LogP contribution in [0.4, 0.5) is 0 Å². The number of halogens is 1. The fraction of sp³-hybridized carbons (Fsp3) is 0.381. The smallest absolute Gasteiger partial charge is 0.341 e. The van der Waals surface area contributed by atoms with Crippen LogP contribution in [0.5, 0.6) is 0 Å². The van der Waals surface area contributed by atoms with Gasteiger partial charge in [-0.1, -0.05) is 18.0 Å². The zero-order valence-corrected chi connectivity index (χ0v) is 17.3. The zero-order chi connectivity index (χ0) is 20.5. The van der Waals surface area contributed by atoms with E-state index in [0.717, 1.165) is 37.4 Å². The van der Waals surface area contributed by atoms with Gasteiger partial charge in [0.1, 0.15) is 5.57 Å². The molecule has 1 N–H and O–H groups in total. The Hall–Kier alpha value is -2.22. The number of piperidine rings is 1. The Balaban J connectivity index is 1.53. The van der Waals surface area contributed by atoms with Crippen LogP contribution in [0.25, 0.3) is 10.1 Å². The fourth-order valence-corrected chi connectivity index (χ4v) is 5.21. The summed E-state index contributed by atoms with van der Waals surface area (Å²) in [5.74, 6) is -2.92. The quantitative estimate of drug-likeness (QED) is 0.576. The van der Waals surface area contributed by atoms with Crippen LogP contribution in [0, 0.1) is 0 Å². The molecular formula is C21H21ClN2O4S. The summed E-state index contributed by atoms with van der Waals surface area (Å²) in [4.78, 5) is 39.1. The summed E-state index contributed by atoms with van der Waals surface area (Å²) in [7, 11) is 0. The first-order valence-corrected chi connectivity index (χ1v) is 10.8. The number of ketones is 2. The van der Waals surface area contributed by atoms with Crippen LogP contribution in [0.15, 0.2) is 35.4 Å². The highest BCUT2D eigenvalue weighted by atomic mass is 35.5. The molecule has 2 aromatic rings. The molecule has 0 radical (unpaired) electrons. The third-order valence-electron chi connectivity index (χ3n) is 5.57. The molecule has 0 bridgehead atoms. The predicted molar refractivity (Wildman–Crippen MR) is 112 cm³/mol. The van der Waals surface area contributed by atoms with Crippen LogP contribution >= 0.6 is 22.9 Å². The molecule has 1 aromatic carbocycles. The maximum absolute atomic E-state index is 12.0. The van der Waals surface area contributed by atoms with Crippen molar-refractivity contribution >= 4 is 50.6 Å². The van der Waals surface area contributed by atoms with Crippen molar-refractivity contribution < 1.29 is 19.5 Å². The highest BCUT2D eigenvalue weighted by Crippen LogP contribution is 2.31. The average Bonchev–Trinajstić information content (AvgIpc) is 3.07. The minimum absolute atomic E-state index is 0.0586. The molecule has 1 fully saturated rings. The van der Waals surface area contributed by atoms with Crippen molar-refractivity contribution in [2.75, 3.05) is 19.6 Å². The first kappa shape index (κ1) is 20.1. The van der Waals surface area contributed by atoms with Crippen molar-refractivity contribution in [1.82, 2.24) is 9.80 Å². The lowest BCUT2D eigenvalue weighted by molar-refractivity contribution is -0.141. The number of thiophene rings is 1. The highest BCUT2D eigenvalue weighted by Gasteiger charge is 2.33. The topological polar surface area (TPSA) is 77.9 Å². The molecule has 1 aromatic heterocycles. The van der Waals surface area contributed by atoms with Gasteiger partial charge in [-0.2, -0.15) is 0 Å². The van der Waals surface area contributed by atoms with Gasteiger partial charge in [0, 0.05) is 35.1 Å². The summed E-state index contributed by atoms with van der Waals surface area (Å²) in [5, 5.41) is 13.3. The minimum Gasteiger partial charge on any atom is -0.477 e. The Bertz CT molecular complexity index is 1020. The predicted octanol–water partition coefficient (Wildman–Crippen LogP) is 3.33. The number of rotatable bonds is 5. The maximum atomic E-state index is 12.0. The molecule has 0 aliphatic carbocycles. The van der Waals surface area contributed by atoms with Gasteiger partial charge in [0.05, 0.1) is 6.54 Å². The molecule has 1 saturated heterocycles. The molecule has 1 atom stereocenters. The lowest BCUT2D eigenvalue weighted by Gasteiger charge is -2.39. The maximum Gasteiger partial charge on any atom is 0.341 e. The molecular weight excluding hydrogens is 412 g/mol. The number of fused-ring (bicyclic) bond motifs is 1. The lowest BCUT2D eigenvalue weighted by Crippen LogP contribution is -2.48. The molecule has 6 nitrogen and oxygen atoms in total. The molecule has 0 saturated carbocycles. The summed E-state index contributed by atoms with van der Waals surface area (Å²) < 4.78 is 1.20. The van der Waals surface area contributed by atoms with Crippen molar-refractivity contribution in [3.63, 3.8) is 0 Å². The summed E-state index contributed by atoms with van der Waals surface area (Å²) >= 11 is 7.88. The molecule has 0 spiro atoms. The Morgan fingerprint density at radius 3 is 2.90 bits per heavy atom. The number of hydrogen-bond donors (Lipinski definition) is 1. The number of Topliss-reactive ketones (excluding diaryl/α,β-unsaturated/α-hetero) is 2. The van der Waals surface area contributed by atoms with Gasteiger partial charge in [-0.15, -0.1) is 11.3 Å². The molecule has 2 aliphatic heterocycles. The van der Waals surface area contributed by atoms with E-state index in [1.165, 1.54) is 21.8 Å². The van der Waals surface area contributed by atoms with E-state index in [0.29, 0.717) is 6.54 Å². The molecule has 3 heterocycles. The first-order valence-electron chi connectivity index (χ1n) is 9.59. The number of carbonyl (C=O) groups excluding carboxylic acids is 2. The van der Waals surface area contributed by atoms with Gasteiger partial charge in [0.25, 0.3) is 0 Å². The van der Waals surface area contributed by atoms with Crippen LogP contribution in [-0.2, 0) is 20.9 Å².